The first-order chi connectivity index (χ1) is 7.19. The molecular weight excluding hydrogens is 204 g/mol. The SMILES string of the molecule is CSC(=O)CC12CC3CC(CC(C3)C1)C2. The Kier molecular flexibility index (Phi) is 2.39. The quantitative estimate of drug-likeness (QED) is 0.714. The van der Waals surface area contributed by atoms with Crippen LogP contribution in [0.2, 0.25) is 0 Å². The van der Waals surface area contributed by atoms with Gasteiger partial charge in [-0.05, 0) is 67.9 Å². The number of carbonyl (C=O) groups excluding carboxylic acids is 1. The highest BCUT2D eigenvalue weighted by molar-refractivity contribution is 8.13. The number of thioether (sulfide) groups is 1. The van der Waals surface area contributed by atoms with Crippen LogP contribution in [0, 0.1) is 23.2 Å². The first-order valence-corrected chi connectivity index (χ1v) is 7.48. The molecule has 4 fully saturated rings. The molecule has 4 aliphatic carbocycles. The van der Waals surface area contributed by atoms with Crippen LogP contribution >= 0.6 is 11.8 Å². The Morgan fingerprint density at radius 3 is 2.00 bits per heavy atom. The van der Waals surface area contributed by atoms with E-state index in [4.69, 9.17) is 0 Å². The highest BCUT2D eigenvalue weighted by Crippen LogP contribution is 2.61. The molecule has 15 heavy (non-hydrogen) atoms. The molecule has 4 aliphatic rings. The molecule has 4 saturated carbocycles. The average molecular weight is 224 g/mol. The maximum atomic E-state index is 11.7. The van der Waals surface area contributed by atoms with E-state index in [1.54, 1.807) is 0 Å². The van der Waals surface area contributed by atoms with Gasteiger partial charge in [-0.25, -0.2) is 0 Å². The third-order valence-electron chi connectivity index (χ3n) is 4.91. The van der Waals surface area contributed by atoms with Crippen LogP contribution in [0.1, 0.15) is 44.9 Å². The summed E-state index contributed by atoms with van der Waals surface area (Å²) in [5.41, 5.74) is 0.453. The van der Waals surface area contributed by atoms with Gasteiger partial charge in [0.1, 0.15) is 0 Å². The molecule has 84 valence electrons. The Labute approximate surface area is 96.4 Å². The van der Waals surface area contributed by atoms with Crippen LogP contribution in [0.3, 0.4) is 0 Å². The van der Waals surface area contributed by atoms with Crippen molar-refractivity contribution >= 4 is 16.9 Å². The van der Waals surface area contributed by atoms with Gasteiger partial charge in [0.2, 0.25) is 0 Å². The lowest BCUT2D eigenvalue weighted by molar-refractivity contribution is -0.119. The number of rotatable bonds is 2. The first-order valence-electron chi connectivity index (χ1n) is 6.26. The molecule has 0 aromatic carbocycles. The maximum Gasteiger partial charge on any atom is 0.189 e. The smallest absolute Gasteiger partial charge is 0.189 e. The number of hydrogen-bond donors (Lipinski definition) is 0. The van der Waals surface area contributed by atoms with Crippen LogP contribution in [0.25, 0.3) is 0 Å². The molecule has 0 amide bonds. The standard InChI is InChI=1S/C13H20OS/c1-15-12(14)8-13-5-9-2-10(6-13)4-11(3-9)7-13/h9-11H,2-8H2,1H3. The molecule has 0 saturated heterocycles. The van der Waals surface area contributed by atoms with E-state index in [9.17, 15) is 4.79 Å². The monoisotopic (exact) mass is 224 g/mol. The van der Waals surface area contributed by atoms with Crippen LogP contribution in [0.5, 0.6) is 0 Å². The van der Waals surface area contributed by atoms with E-state index in [2.05, 4.69) is 0 Å². The van der Waals surface area contributed by atoms with Crippen LogP contribution < -0.4 is 0 Å². The zero-order chi connectivity index (χ0) is 10.5. The van der Waals surface area contributed by atoms with Gasteiger partial charge in [-0.3, -0.25) is 4.79 Å². The highest BCUT2D eigenvalue weighted by atomic mass is 32.2. The second-order valence-corrected chi connectivity index (χ2v) is 7.03. The molecule has 2 heteroatoms. The largest absolute Gasteiger partial charge is 0.287 e. The average Bonchev–Trinajstić information content (AvgIpc) is 2.14. The van der Waals surface area contributed by atoms with Crippen molar-refractivity contribution in [1.29, 1.82) is 0 Å². The van der Waals surface area contributed by atoms with Gasteiger partial charge >= 0.3 is 0 Å². The Morgan fingerprint density at radius 1 is 1.13 bits per heavy atom. The topological polar surface area (TPSA) is 17.1 Å². The van der Waals surface area contributed by atoms with Crippen LogP contribution in [0.15, 0.2) is 0 Å². The van der Waals surface area contributed by atoms with E-state index in [-0.39, 0.29) is 0 Å². The van der Waals surface area contributed by atoms with Crippen molar-refractivity contribution in [2.45, 2.75) is 44.9 Å². The maximum absolute atomic E-state index is 11.7. The molecule has 0 N–H and O–H groups in total. The number of carbonyl (C=O) groups is 1. The molecule has 0 aromatic heterocycles. The van der Waals surface area contributed by atoms with Gasteiger partial charge in [0.25, 0.3) is 0 Å². The summed E-state index contributed by atoms with van der Waals surface area (Å²) in [4.78, 5) is 11.7. The Morgan fingerprint density at radius 2 is 1.60 bits per heavy atom. The van der Waals surface area contributed by atoms with Crippen molar-refractivity contribution in [3.05, 3.63) is 0 Å². The third-order valence-corrected chi connectivity index (χ3v) is 5.51. The molecule has 4 rings (SSSR count). The molecule has 0 spiro atoms. The van der Waals surface area contributed by atoms with E-state index in [1.165, 1.54) is 50.3 Å². The summed E-state index contributed by atoms with van der Waals surface area (Å²) < 4.78 is 0. The molecule has 0 aromatic rings. The van der Waals surface area contributed by atoms with Crippen molar-refractivity contribution in [2.24, 2.45) is 23.2 Å². The fourth-order valence-electron chi connectivity index (χ4n) is 4.88. The summed E-state index contributed by atoms with van der Waals surface area (Å²) in [7, 11) is 0. The van der Waals surface area contributed by atoms with Crippen LogP contribution in [0.4, 0.5) is 0 Å². The van der Waals surface area contributed by atoms with Crippen LogP contribution in [-0.4, -0.2) is 11.4 Å². The number of hydrogen-bond acceptors (Lipinski definition) is 2. The van der Waals surface area contributed by atoms with Crippen LogP contribution in [-0.2, 0) is 4.79 Å². The van der Waals surface area contributed by atoms with E-state index < -0.39 is 0 Å². The first kappa shape index (κ1) is 10.2. The predicted molar refractivity (Wildman–Crippen MR) is 63.7 cm³/mol. The Balaban J connectivity index is 1.78. The van der Waals surface area contributed by atoms with Gasteiger partial charge in [-0.1, -0.05) is 11.8 Å². The molecular formula is C13H20OS. The van der Waals surface area contributed by atoms with E-state index in [0.717, 1.165) is 24.2 Å². The van der Waals surface area contributed by atoms with Crippen molar-refractivity contribution in [2.75, 3.05) is 6.26 Å². The highest BCUT2D eigenvalue weighted by Gasteiger charge is 2.51. The summed E-state index contributed by atoms with van der Waals surface area (Å²) in [6.07, 6.45) is 11.3. The second-order valence-electron chi connectivity index (χ2n) is 6.17. The summed E-state index contributed by atoms with van der Waals surface area (Å²) in [6, 6.07) is 0. The predicted octanol–water partition coefficient (Wildman–Crippen LogP) is 3.48. The molecule has 4 bridgehead atoms. The zero-order valence-corrected chi connectivity index (χ0v) is 10.3. The Bertz CT molecular complexity index is 249. The molecule has 0 heterocycles. The van der Waals surface area contributed by atoms with Crippen molar-refractivity contribution in [1.82, 2.24) is 0 Å². The summed E-state index contributed by atoms with van der Waals surface area (Å²) in [5.74, 6) is 2.93. The lowest BCUT2D eigenvalue weighted by Gasteiger charge is -2.56. The molecule has 0 radical (unpaired) electrons. The Hall–Kier alpha value is 0.0200. The van der Waals surface area contributed by atoms with Gasteiger partial charge in [0.05, 0.1) is 0 Å². The minimum absolute atomic E-state index is 0.428. The van der Waals surface area contributed by atoms with Crippen molar-refractivity contribution in [3.63, 3.8) is 0 Å². The van der Waals surface area contributed by atoms with Gasteiger partial charge in [-0.2, -0.15) is 0 Å². The van der Waals surface area contributed by atoms with E-state index in [1.807, 2.05) is 6.26 Å². The summed E-state index contributed by atoms with van der Waals surface area (Å²) in [5, 5.41) is 0.428. The van der Waals surface area contributed by atoms with Crippen molar-refractivity contribution < 1.29 is 4.79 Å². The lowest BCUT2D eigenvalue weighted by atomic mass is 9.49. The molecule has 0 atom stereocenters. The van der Waals surface area contributed by atoms with Gasteiger partial charge in [0, 0.05) is 6.42 Å². The zero-order valence-electron chi connectivity index (χ0n) is 9.50. The van der Waals surface area contributed by atoms with Gasteiger partial charge in [-0.15, -0.1) is 0 Å². The molecule has 0 unspecified atom stereocenters. The van der Waals surface area contributed by atoms with E-state index in [0.29, 0.717) is 10.5 Å². The van der Waals surface area contributed by atoms with E-state index >= 15 is 0 Å². The minimum atomic E-state index is 0.428. The lowest BCUT2D eigenvalue weighted by Crippen LogP contribution is -2.46. The third kappa shape index (κ3) is 1.75. The molecule has 0 aliphatic heterocycles. The second kappa shape index (κ2) is 3.51. The van der Waals surface area contributed by atoms with Gasteiger partial charge in [0.15, 0.2) is 5.12 Å². The minimum Gasteiger partial charge on any atom is -0.287 e. The van der Waals surface area contributed by atoms with Gasteiger partial charge < -0.3 is 0 Å². The molecule has 1 nitrogen and oxygen atoms in total. The fraction of sp³-hybridized carbons (Fsp3) is 0.923. The summed E-state index contributed by atoms with van der Waals surface area (Å²) in [6.45, 7) is 0. The summed E-state index contributed by atoms with van der Waals surface area (Å²) >= 11 is 1.43. The van der Waals surface area contributed by atoms with Crippen molar-refractivity contribution in [3.8, 4) is 0 Å². The fourth-order valence-corrected chi connectivity index (χ4v) is 5.34. The normalized spacial score (nSPS) is 47.1.